The largest absolute Gasteiger partial charge is 0.322 e. The van der Waals surface area contributed by atoms with E-state index in [0.29, 0.717) is 11.6 Å². The number of anilines is 1. The number of rotatable bonds is 3. The Morgan fingerprint density at radius 3 is 2.50 bits per heavy atom. The Balaban J connectivity index is 2.01. The Morgan fingerprint density at radius 2 is 2.05 bits per heavy atom. The summed E-state index contributed by atoms with van der Waals surface area (Å²) in [6.45, 7) is 11.5. The fourth-order valence-corrected chi connectivity index (χ4v) is 3.20. The second-order valence-electron chi connectivity index (χ2n) is 6.48. The third-order valence-electron chi connectivity index (χ3n) is 3.88. The van der Waals surface area contributed by atoms with E-state index in [9.17, 15) is 4.79 Å². The number of amides is 2. The molecule has 20 heavy (non-hydrogen) atoms. The van der Waals surface area contributed by atoms with Crippen LogP contribution in [0.2, 0.25) is 0 Å². The molecule has 1 aliphatic heterocycles. The minimum Gasteiger partial charge on any atom is -0.320 e. The number of carbonyl (C=O) groups is 1. The van der Waals surface area contributed by atoms with Gasteiger partial charge < -0.3 is 10.2 Å². The van der Waals surface area contributed by atoms with Gasteiger partial charge in [-0.2, -0.15) is 0 Å². The molecule has 1 aliphatic rings. The monoisotopic (exact) mass is 276 g/mol. The molecule has 1 aromatic heterocycles. The Morgan fingerprint density at radius 1 is 1.45 bits per heavy atom. The van der Waals surface area contributed by atoms with E-state index in [4.69, 9.17) is 0 Å². The van der Waals surface area contributed by atoms with Crippen LogP contribution in [-0.4, -0.2) is 33.5 Å². The maximum atomic E-state index is 12.3. The lowest BCUT2D eigenvalue weighted by Gasteiger charge is -2.56. The van der Waals surface area contributed by atoms with Gasteiger partial charge in [0.2, 0.25) is 0 Å². The average Bonchev–Trinajstić information content (AvgIpc) is 2.36. The summed E-state index contributed by atoms with van der Waals surface area (Å²) >= 11 is 0. The van der Waals surface area contributed by atoms with Crippen molar-refractivity contribution in [2.75, 3.05) is 11.9 Å². The van der Waals surface area contributed by atoms with Crippen LogP contribution in [0.1, 0.15) is 40.4 Å². The van der Waals surface area contributed by atoms with E-state index in [1.165, 1.54) is 0 Å². The zero-order valence-corrected chi connectivity index (χ0v) is 13.0. The maximum Gasteiger partial charge on any atom is 0.322 e. The molecule has 5 heteroatoms. The SMILES string of the molecule is CCc1ncc(NC(=O)N2CC(C)(C)C2C(C)C)cn1. The molecule has 1 unspecified atom stereocenters. The highest BCUT2D eigenvalue weighted by Gasteiger charge is 2.49. The van der Waals surface area contributed by atoms with E-state index < -0.39 is 0 Å². The molecular formula is C15H24N4O. The number of urea groups is 1. The molecule has 2 heterocycles. The number of aryl methyl sites for hydroxylation is 1. The van der Waals surface area contributed by atoms with Gasteiger partial charge in [0.05, 0.1) is 18.1 Å². The second kappa shape index (κ2) is 5.38. The highest BCUT2D eigenvalue weighted by atomic mass is 16.2. The van der Waals surface area contributed by atoms with Gasteiger partial charge in [0.1, 0.15) is 5.82 Å². The van der Waals surface area contributed by atoms with E-state index in [1.807, 2.05) is 11.8 Å². The van der Waals surface area contributed by atoms with Crippen molar-refractivity contribution in [3.63, 3.8) is 0 Å². The van der Waals surface area contributed by atoms with E-state index in [0.717, 1.165) is 18.8 Å². The topological polar surface area (TPSA) is 58.1 Å². The van der Waals surface area contributed by atoms with Crippen molar-refractivity contribution in [3.05, 3.63) is 18.2 Å². The van der Waals surface area contributed by atoms with Crippen LogP contribution in [0.3, 0.4) is 0 Å². The van der Waals surface area contributed by atoms with Gasteiger partial charge in [-0.15, -0.1) is 0 Å². The van der Waals surface area contributed by atoms with Gasteiger partial charge in [-0.25, -0.2) is 14.8 Å². The zero-order chi connectivity index (χ0) is 14.9. The molecule has 2 rings (SSSR count). The van der Waals surface area contributed by atoms with Crippen molar-refractivity contribution in [1.29, 1.82) is 0 Å². The van der Waals surface area contributed by atoms with Crippen LogP contribution >= 0.6 is 0 Å². The first-order chi connectivity index (χ1) is 9.35. The Kier molecular flexibility index (Phi) is 3.97. The van der Waals surface area contributed by atoms with Crippen molar-refractivity contribution < 1.29 is 4.79 Å². The molecule has 5 nitrogen and oxygen atoms in total. The van der Waals surface area contributed by atoms with Gasteiger partial charge in [0, 0.05) is 24.4 Å². The minimum atomic E-state index is -0.0594. The summed E-state index contributed by atoms with van der Waals surface area (Å²) in [6.07, 6.45) is 4.13. The quantitative estimate of drug-likeness (QED) is 0.923. The predicted molar refractivity (Wildman–Crippen MR) is 79.5 cm³/mol. The van der Waals surface area contributed by atoms with Gasteiger partial charge in [-0.05, 0) is 5.92 Å². The summed E-state index contributed by atoms with van der Waals surface area (Å²) < 4.78 is 0. The van der Waals surface area contributed by atoms with E-state index in [1.54, 1.807) is 12.4 Å². The number of nitrogens with zero attached hydrogens (tertiary/aromatic N) is 3. The number of likely N-dealkylation sites (tertiary alicyclic amines) is 1. The first kappa shape index (κ1) is 14.8. The molecule has 0 aliphatic carbocycles. The average molecular weight is 276 g/mol. The summed E-state index contributed by atoms with van der Waals surface area (Å²) in [7, 11) is 0. The van der Waals surface area contributed by atoms with E-state index in [-0.39, 0.29) is 17.5 Å². The molecule has 0 radical (unpaired) electrons. The van der Waals surface area contributed by atoms with Crippen LogP contribution in [0.4, 0.5) is 10.5 Å². The zero-order valence-electron chi connectivity index (χ0n) is 13.0. The van der Waals surface area contributed by atoms with Gasteiger partial charge in [-0.1, -0.05) is 34.6 Å². The van der Waals surface area contributed by atoms with Crippen molar-refractivity contribution in [1.82, 2.24) is 14.9 Å². The molecule has 0 bridgehead atoms. The molecular weight excluding hydrogens is 252 g/mol. The predicted octanol–water partition coefficient (Wildman–Crippen LogP) is 2.94. The van der Waals surface area contributed by atoms with Gasteiger partial charge >= 0.3 is 6.03 Å². The number of aromatic nitrogens is 2. The molecule has 1 N–H and O–H groups in total. The smallest absolute Gasteiger partial charge is 0.320 e. The maximum absolute atomic E-state index is 12.3. The molecule has 0 aromatic carbocycles. The van der Waals surface area contributed by atoms with E-state index in [2.05, 4.69) is 43.0 Å². The summed E-state index contributed by atoms with van der Waals surface area (Å²) in [4.78, 5) is 22.6. The number of hydrogen-bond acceptors (Lipinski definition) is 3. The van der Waals surface area contributed by atoms with Crippen LogP contribution in [0, 0.1) is 11.3 Å². The third kappa shape index (κ3) is 2.76. The summed E-state index contributed by atoms with van der Waals surface area (Å²) in [5.41, 5.74) is 0.841. The van der Waals surface area contributed by atoms with Crippen molar-refractivity contribution in [2.24, 2.45) is 11.3 Å². The molecule has 1 saturated heterocycles. The standard InChI is InChI=1S/C15H24N4O/c1-6-12-16-7-11(8-17-12)18-14(20)19-9-15(4,5)13(19)10(2)3/h7-8,10,13H,6,9H2,1-5H3,(H,18,20). The Hall–Kier alpha value is -1.65. The van der Waals surface area contributed by atoms with Crippen molar-refractivity contribution >= 4 is 11.7 Å². The molecule has 1 fully saturated rings. The number of hydrogen-bond donors (Lipinski definition) is 1. The number of nitrogens with one attached hydrogen (secondary N) is 1. The van der Waals surface area contributed by atoms with Crippen LogP contribution in [-0.2, 0) is 6.42 Å². The van der Waals surface area contributed by atoms with Gasteiger partial charge in [-0.3, -0.25) is 0 Å². The van der Waals surface area contributed by atoms with Gasteiger partial charge in [0.15, 0.2) is 0 Å². The molecule has 0 saturated carbocycles. The van der Waals surface area contributed by atoms with Crippen LogP contribution in [0.25, 0.3) is 0 Å². The lowest BCUT2D eigenvalue weighted by Crippen LogP contribution is -2.66. The molecule has 0 spiro atoms. The lowest BCUT2D eigenvalue weighted by atomic mass is 9.70. The Labute approximate surface area is 120 Å². The highest BCUT2D eigenvalue weighted by Crippen LogP contribution is 2.41. The molecule has 1 aromatic rings. The number of carbonyl (C=O) groups excluding carboxylic acids is 1. The minimum absolute atomic E-state index is 0.0594. The Bertz CT molecular complexity index is 481. The normalized spacial score (nSPS) is 20.7. The fourth-order valence-electron chi connectivity index (χ4n) is 3.20. The van der Waals surface area contributed by atoms with Gasteiger partial charge in [0.25, 0.3) is 0 Å². The molecule has 110 valence electrons. The summed E-state index contributed by atoms with van der Waals surface area (Å²) in [5, 5.41) is 2.88. The van der Waals surface area contributed by atoms with Crippen LogP contribution < -0.4 is 5.32 Å². The third-order valence-corrected chi connectivity index (χ3v) is 3.88. The first-order valence-corrected chi connectivity index (χ1v) is 7.23. The van der Waals surface area contributed by atoms with E-state index >= 15 is 0 Å². The van der Waals surface area contributed by atoms with Crippen molar-refractivity contribution in [2.45, 2.75) is 47.1 Å². The first-order valence-electron chi connectivity index (χ1n) is 7.23. The van der Waals surface area contributed by atoms with Crippen molar-refractivity contribution in [3.8, 4) is 0 Å². The second-order valence-corrected chi connectivity index (χ2v) is 6.48. The summed E-state index contributed by atoms with van der Waals surface area (Å²) in [6, 6.07) is 0.217. The van der Waals surface area contributed by atoms with Crippen LogP contribution in [0.15, 0.2) is 12.4 Å². The molecule has 1 atom stereocenters. The summed E-state index contributed by atoms with van der Waals surface area (Å²) in [5.74, 6) is 1.23. The lowest BCUT2D eigenvalue weighted by molar-refractivity contribution is -0.0363. The molecule has 2 amide bonds. The van der Waals surface area contributed by atoms with Crippen LogP contribution in [0.5, 0.6) is 0 Å². The fraction of sp³-hybridized carbons (Fsp3) is 0.667. The highest BCUT2D eigenvalue weighted by molar-refractivity contribution is 5.90.